The second-order valence-corrected chi connectivity index (χ2v) is 5.26. The number of aromatic nitrogens is 1. The Hall–Kier alpha value is -0.780. The van der Waals surface area contributed by atoms with Crippen LogP contribution in [0, 0.1) is 5.82 Å². The van der Waals surface area contributed by atoms with Crippen LogP contribution in [-0.2, 0) is 6.42 Å². The number of halogens is 2. The summed E-state index contributed by atoms with van der Waals surface area (Å²) in [6.07, 6.45) is 2.24. The van der Waals surface area contributed by atoms with Crippen LogP contribution < -0.4 is 0 Å². The number of rotatable bonds is 3. The number of aliphatic hydroxyl groups excluding tert-OH is 1. The molecule has 0 spiro atoms. The van der Waals surface area contributed by atoms with Crippen molar-refractivity contribution < 1.29 is 9.50 Å². The molecule has 2 aromatic rings. The highest BCUT2D eigenvalue weighted by Crippen LogP contribution is 2.29. The highest BCUT2D eigenvalue weighted by molar-refractivity contribution is 9.10. The zero-order valence-electron chi connectivity index (χ0n) is 8.28. The summed E-state index contributed by atoms with van der Waals surface area (Å²) >= 11 is 4.70. The van der Waals surface area contributed by atoms with Crippen LogP contribution in [0.2, 0.25) is 0 Å². The van der Waals surface area contributed by atoms with Crippen molar-refractivity contribution in [2.45, 2.75) is 6.42 Å². The average Bonchev–Trinajstić information content (AvgIpc) is 2.71. The predicted octanol–water partition coefficient (Wildman–Crippen LogP) is 3.25. The van der Waals surface area contributed by atoms with Crippen LogP contribution in [0.25, 0.3) is 10.6 Å². The van der Waals surface area contributed by atoms with Crippen LogP contribution >= 0.6 is 27.3 Å². The molecule has 0 bridgehead atoms. The summed E-state index contributed by atoms with van der Waals surface area (Å²) in [5.74, 6) is -0.284. The van der Waals surface area contributed by atoms with Crippen LogP contribution in [0.5, 0.6) is 0 Å². The molecule has 2 rings (SSSR count). The molecule has 2 nitrogen and oxygen atoms in total. The van der Waals surface area contributed by atoms with Gasteiger partial charge in [-0.1, -0.05) is 15.9 Å². The second kappa shape index (κ2) is 5.03. The van der Waals surface area contributed by atoms with E-state index in [1.54, 1.807) is 18.3 Å². The summed E-state index contributed by atoms with van der Waals surface area (Å²) in [5, 5.41) is 9.44. The van der Waals surface area contributed by atoms with Gasteiger partial charge in [0.15, 0.2) is 0 Å². The molecule has 1 heterocycles. The number of hydrogen-bond acceptors (Lipinski definition) is 3. The number of nitrogens with zero attached hydrogens (tertiary/aromatic N) is 1. The van der Waals surface area contributed by atoms with E-state index in [2.05, 4.69) is 20.9 Å². The molecule has 1 aromatic heterocycles. The van der Waals surface area contributed by atoms with Crippen molar-refractivity contribution in [3.8, 4) is 10.6 Å². The molecule has 5 heteroatoms. The van der Waals surface area contributed by atoms with E-state index in [9.17, 15) is 4.39 Å². The SMILES string of the molecule is OCCc1cnc(-c2cc(Br)ccc2F)s1. The van der Waals surface area contributed by atoms with E-state index in [0.717, 1.165) is 9.35 Å². The molecular weight excluding hydrogens is 293 g/mol. The number of aliphatic hydroxyl groups is 1. The maximum atomic E-state index is 13.5. The van der Waals surface area contributed by atoms with Crippen LogP contribution in [0.1, 0.15) is 4.88 Å². The van der Waals surface area contributed by atoms with E-state index >= 15 is 0 Å². The Labute approximate surface area is 105 Å². The van der Waals surface area contributed by atoms with Gasteiger partial charge in [-0.3, -0.25) is 0 Å². The second-order valence-electron chi connectivity index (χ2n) is 3.23. The zero-order chi connectivity index (χ0) is 11.5. The van der Waals surface area contributed by atoms with Crippen molar-refractivity contribution >= 4 is 27.3 Å². The Balaban J connectivity index is 2.38. The molecule has 0 atom stereocenters. The van der Waals surface area contributed by atoms with Gasteiger partial charge in [0.1, 0.15) is 10.8 Å². The normalized spacial score (nSPS) is 10.7. The Kier molecular flexibility index (Phi) is 3.68. The van der Waals surface area contributed by atoms with Crippen molar-refractivity contribution in [3.05, 3.63) is 39.6 Å². The molecule has 1 aromatic carbocycles. The Morgan fingerprint density at radius 3 is 3.00 bits per heavy atom. The maximum Gasteiger partial charge on any atom is 0.133 e. The van der Waals surface area contributed by atoms with Crippen molar-refractivity contribution in [2.75, 3.05) is 6.61 Å². The molecule has 0 aliphatic heterocycles. The van der Waals surface area contributed by atoms with E-state index in [1.807, 2.05) is 0 Å². The minimum atomic E-state index is -0.284. The number of thiazole rings is 1. The largest absolute Gasteiger partial charge is 0.396 e. The molecule has 0 unspecified atom stereocenters. The van der Waals surface area contributed by atoms with Gasteiger partial charge in [-0.25, -0.2) is 9.37 Å². The molecule has 0 aliphatic rings. The van der Waals surface area contributed by atoms with Gasteiger partial charge < -0.3 is 5.11 Å². The van der Waals surface area contributed by atoms with Gasteiger partial charge >= 0.3 is 0 Å². The first-order valence-electron chi connectivity index (χ1n) is 4.71. The monoisotopic (exact) mass is 301 g/mol. The highest BCUT2D eigenvalue weighted by Gasteiger charge is 2.10. The van der Waals surface area contributed by atoms with Crippen LogP contribution in [0.4, 0.5) is 4.39 Å². The molecule has 0 amide bonds. The Bertz CT molecular complexity index is 500. The fourth-order valence-electron chi connectivity index (χ4n) is 1.32. The summed E-state index contributed by atoms with van der Waals surface area (Å²) in [6, 6.07) is 4.77. The van der Waals surface area contributed by atoms with Gasteiger partial charge in [-0.15, -0.1) is 11.3 Å². The number of benzene rings is 1. The van der Waals surface area contributed by atoms with Gasteiger partial charge in [0.2, 0.25) is 0 Å². The quantitative estimate of drug-likeness (QED) is 0.944. The Morgan fingerprint density at radius 1 is 1.44 bits per heavy atom. The fourth-order valence-corrected chi connectivity index (χ4v) is 2.60. The third-order valence-corrected chi connectivity index (χ3v) is 3.65. The van der Waals surface area contributed by atoms with Crippen molar-refractivity contribution in [1.29, 1.82) is 0 Å². The van der Waals surface area contributed by atoms with Crippen LogP contribution in [-0.4, -0.2) is 16.7 Å². The lowest BCUT2D eigenvalue weighted by atomic mass is 10.2. The molecule has 0 saturated carbocycles. The van der Waals surface area contributed by atoms with Gasteiger partial charge in [0.05, 0.1) is 0 Å². The topological polar surface area (TPSA) is 33.1 Å². The first-order chi connectivity index (χ1) is 7.70. The van der Waals surface area contributed by atoms with E-state index in [-0.39, 0.29) is 12.4 Å². The molecule has 0 saturated heterocycles. The summed E-state index contributed by atoms with van der Waals surface area (Å²) in [4.78, 5) is 5.11. The lowest BCUT2D eigenvalue weighted by Gasteiger charge is -1.99. The molecule has 0 fully saturated rings. The van der Waals surface area contributed by atoms with Crippen molar-refractivity contribution in [1.82, 2.24) is 4.98 Å². The first-order valence-corrected chi connectivity index (χ1v) is 6.32. The minimum absolute atomic E-state index is 0.0859. The van der Waals surface area contributed by atoms with E-state index in [0.29, 0.717) is 17.0 Å². The van der Waals surface area contributed by atoms with Crippen LogP contribution in [0.15, 0.2) is 28.9 Å². The summed E-state index contributed by atoms with van der Waals surface area (Å²) in [6.45, 7) is 0.0859. The third kappa shape index (κ3) is 2.48. The standard InChI is InChI=1S/C11H9BrFNOS/c12-7-1-2-10(13)9(5-7)11-14-6-8(16-11)3-4-15/h1-2,5-6,15H,3-4H2. The van der Waals surface area contributed by atoms with E-state index in [4.69, 9.17) is 5.11 Å². The maximum absolute atomic E-state index is 13.5. The minimum Gasteiger partial charge on any atom is -0.396 e. The molecule has 84 valence electrons. The Morgan fingerprint density at radius 2 is 2.25 bits per heavy atom. The molecule has 0 aliphatic carbocycles. The first kappa shape index (κ1) is 11.7. The number of hydrogen-bond donors (Lipinski definition) is 1. The third-order valence-electron chi connectivity index (χ3n) is 2.07. The highest BCUT2D eigenvalue weighted by atomic mass is 79.9. The fraction of sp³-hybridized carbons (Fsp3) is 0.182. The summed E-state index contributed by atoms with van der Waals surface area (Å²) < 4.78 is 14.4. The predicted molar refractivity (Wildman–Crippen MR) is 66.0 cm³/mol. The lowest BCUT2D eigenvalue weighted by molar-refractivity contribution is 0.300. The molecular formula is C11H9BrFNOS. The lowest BCUT2D eigenvalue weighted by Crippen LogP contribution is -1.84. The van der Waals surface area contributed by atoms with Gasteiger partial charge in [-0.2, -0.15) is 0 Å². The summed E-state index contributed by atoms with van der Waals surface area (Å²) in [7, 11) is 0. The summed E-state index contributed by atoms with van der Waals surface area (Å²) in [5.41, 5.74) is 0.489. The van der Waals surface area contributed by atoms with Gasteiger partial charge in [-0.05, 0) is 18.2 Å². The van der Waals surface area contributed by atoms with Crippen molar-refractivity contribution in [3.63, 3.8) is 0 Å². The van der Waals surface area contributed by atoms with E-state index < -0.39 is 0 Å². The van der Waals surface area contributed by atoms with Crippen LogP contribution in [0.3, 0.4) is 0 Å². The van der Waals surface area contributed by atoms with E-state index in [1.165, 1.54) is 17.4 Å². The van der Waals surface area contributed by atoms with Gasteiger partial charge in [0, 0.05) is 34.1 Å². The van der Waals surface area contributed by atoms with Gasteiger partial charge in [0.25, 0.3) is 0 Å². The average molecular weight is 302 g/mol. The molecule has 0 radical (unpaired) electrons. The smallest absolute Gasteiger partial charge is 0.133 e. The zero-order valence-corrected chi connectivity index (χ0v) is 10.7. The molecule has 16 heavy (non-hydrogen) atoms. The van der Waals surface area contributed by atoms with Crippen molar-refractivity contribution in [2.24, 2.45) is 0 Å². The molecule has 1 N–H and O–H groups in total.